The lowest BCUT2D eigenvalue weighted by molar-refractivity contribution is -0.144. The first kappa shape index (κ1) is 18.4. The number of carbonyl (C=O) groups is 2. The van der Waals surface area contributed by atoms with E-state index in [1.807, 2.05) is 38.1 Å². The number of hydrogen-bond donors (Lipinski definition) is 1. The lowest BCUT2D eigenvalue weighted by atomic mass is 9.92. The molecule has 1 N–H and O–H groups in total. The van der Waals surface area contributed by atoms with E-state index in [1.165, 1.54) is 16.2 Å². The van der Waals surface area contributed by atoms with E-state index in [2.05, 4.69) is 4.98 Å². The highest BCUT2D eigenvalue weighted by Gasteiger charge is 2.35. The maximum Gasteiger partial charge on any atom is 0.326 e. The summed E-state index contributed by atoms with van der Waals surface area (Å²) >= 11 is 1.38. The predicted molar refractivity (Wildman–Crippen MR) is 99.6 cm³/mol. The first-order chi connectivity index (χ1) is 12.5. The van der Waals surface area contributed by atoms with Gasteiger partial charge in [-0.2, -0.15) is 0 Å². The van der Waals surface area contributed by atoms with Crippen molar-refractivity contribution >= 4 is 23.2 Å². The number of carboxylic acid groups (broad SMARTS) is 1. The number of carbonyl (C=O) groups excluding carboxylic acids is 1. The fraction of sp³-hybridized carbons (Fsp3) is 0.421. The van der Waals surface area contributed by atoms with Crippen molar-refractivity contribution in [3.63, 3.8) is 0 Å². The van der Waals surface area contributed by atoms with Gasteiger partial charge in [-0.25, -0.2) is 9.78 Å². The maximum atomic E-state index is 12.8. The Labute approximate surface area is 156 Å². The molecule has 0 aliphatic carbocycles. The molecule has 1 aliphatic rings. The van der Waals surface area contributed by atoms with Crippen molar-refractivity contribution in [1.29, 1.82) is 0 Å². The molecule has 2 unspecified atom stereocenters. The number of likely N-dealkylation sites (tertiary alicyclic amines) is 1. The summed E-state index contributed by atoms with van der Waals surface area (Å²) < 4.78 is 5.43. The van der Waals surface area contributed by atoms with Gasteiger partial charge in [0.25, 0.3) is 5.91 Å². The van der Waals surface area contributed by atoms with Crippen molar-refractivity contribution < 1.29 is 19.4 Å². The average molecular weight is 374 g/mol. The summed E-state index contributed by atoms with van der Waals surface area (Å²) in [5, 5.41) is 11.9. The molecular weight excluding hydrogens is 352 g/mol. The standard InChI is InChI=1S/C19H22N2O4S/c1-3-25-14-6-4-13(5-7-14)17-20-15(11-26-17)18(22)21-9-8-12(2)10-16(21)19(23)24/h4-7,11-12,16H,3,8-10H2,1-2H3,(H,23,24). The molecule has 0 saturated carbocycles. The van der Waals surface area contributed by atoms with Gasteiger partial charge in [0.2, 0.25) is 0 Å². The van der Waals surface area contributed by atoms with Crippen LogP contribution in [0.1, 0.15) is 37.2 Å². The van der Waals surface area contributed by atoms with E-state index in [0.29, 0.717) is 31.2 Å². The predicted octanol–water partition coefficient (Wildman–Crippen LogP) is 3.53. The highest BCUT2D eigenvalue weighted by molar-refractivity contribution is 7.13. The van der Waals surface area contributed by atoms with Gasteiger partial charge in [0, 0.05) is 17.5 Å². The summed E-state index contributed by atoms with van der Waals surface area (Å²) in [7, 11) is 0. The molecule has 0 spiro atoms. The number of piperidine rings is 1. The number of ether oxygens (including phenoxy) is 1. The molecule has 1 fully saturated rings. The molecule has 2 heterocycles. The van der Waals surface area contributed by atoms with Crippen molar-refractivity contribution in [2.24, 2.45) is 5.92 Å². The quantitative estimate of drug-likeness (QED) is 0.866. The second-order valence-corrected chi connectivity index (χ2v) is 7.34. The molecule has 1 amide bonds. The molecule has 1 aliphatic heterocycles. The molecule has 6 nitrogen and oxygen atoms in total. The van der Waals surface area contributed by atoms with Crippen LogP contribution in [0.25, 0.3) is 10.6 Å². The molecule has 7 heteroatoms. The Hall–Kier alpha value is -2.41. The summed E-state index contributed by atoms with van der Waals surface area (Å²) in [4.78, 5) is 30.2. The molecule has 0 radical (unpaired) electrons. The lowest BCUT2D eigenvalue weighted by Gasteiger charge is -2.35. The Morgan fingerprint density at radius 1 is 1.35 bits per heavy atom. The Kier molecular flexibility index (Phi) is 5.56. The summed E-state index contributed by atoms with van der Waals surface area (Å²) in [6.45, 7) is 5.00. The first-order valence-corrected chi connectivity index (χ1v) is 9.60. The van der Waals surface area contributed by atoms with Crippen LogP contribution in [0.5, 0.6) is 5.75 Å². The zero-order valence-corrected chi connectivity index (χ0v) is 15.7. The van der Waals surface area contributed by atoms with E-state index in [-0.39, 0.29) is 5.91 Å². The Morgan fingerprint density at radius 2 is 2.08 bits per heavy atom. The second kappa shape index (κ2) is 7.86. The van der Waals surface area contributed by atoms with E-state index in [1.54, 1.807) is 5.38 Å². The summed E-state index contributed by atoms with van der Waals surface area (Å²) in [5.41, 5.74) is 1.21. The minimum atomic E-state index is -0.952. The Morgan fingerprint density at radius 3 is 2.73 bits per heavy atom. The van der Waals surface area contributed by atoms with Crippen molar-refractivity contribution in [1.82, 2.24) is 9.88 Å². The van der Waals surface area contributed by atoms with Gasteiger partial charge < -0.3 is 14.7 Å². The topological polar surface area (TPSA) is 79.7 Å². The van der Waals surface area contributed by atoms with Crippen molar-refractivity contribution in [2.75, 3.05) is 13.2 Å². The van der Waals surface area contributed by atoms with Crippen LogP contribution in [0, 0.1) is 5.92 Å². The van der Waals surface area contributed by atoms with E-state index >= 15 is 0 Å². The van der Waals surface area contributed by atoms with Crippen LogP contribution < -0.4 is 4.74 Å². The normalized spacial score (nSPS) is 20.0. The molecule has 26 heavy (non-hydrogen) atoms. The lowest BCUT2D eigenvalue weighted by Crippen LogP contribution is -2.49. The minimum Gasteiger partial charge on any atom is -0.494 e. The number of nitrogens with zero attached hydrogens (tertiary/aromatic N) is 2. The van der Waals surface area contributed by atoms with Gasteiger partial charge in [-0.15, -0.1) is 11.3 Å². The molecule has 1 saturated heterocycles. The van der Waals surface area contributed by atoms with Crippen LogP contribution in [-0.2, 0) is 4.79 Å². The molecule has 2 atom stereocenters. The van der Waals surface area contributed by atoms with Gasteiger partial charge in [-0.05, 0) is 49.9 Å². The summed E-state index contributed by atoms with van der Waals surface area (Å²) in [6, 6.07) is 6.77. The van der Waals surface area contributed by atoms with E-state index in [0.717, 1.165) is 22.7 Å². The molecular formula is C19H22N2O4S. The summed E-state index contributed by atoms with van der Waals surface area (Å²) in [6.07, 6.45) is 1.29. The average Bonchev–Trinajstić information content (AvgIpc) is 3.12. The molecule has 1 aromatic carbocycles. The monoisotopic (exact) mass is 374 g/mol. The number of thiazole rings is 1. The third kappa shape index (κ3) is 3.88. The number of aliphatic carboxylic acids is 1. The fourth-order valence-electron chi connectivity index (χ4n) is 3.13. The second-order valence-electron chi connectivity index (χ2n) is 6.48. The minimum absolute atomic E-state index is 0.301. The molecule has 1 aromatic heterocycles. The van der Waals surface area contributed by atoms with E-state index < -0.39 is 12.0 Å². The van der Waals surface area contributed by atoms with Crippen LogP contribution >= 0.6 is 11.3 Å². The maximum absolute atomic E-state index is 12.8. The molecule has 3 rings (SSSR count). The van der Waals surface area contributed by atoms with E-state index in [4.69, 9.17) is 4.74 Å². The Bertz CT molecular complexity index is 787. The van der Waals surface area contributed by atoms with Crippen LogP contribution in [-0.4, -0.2) is 46.1 Å². The van der Waals surface area contributed by atoms with Gasteiger partial charge in [0.05, 0.1) is 6.61 Å². The number of rotatable bonds is 5. The van der Waals surface area contributed by atoms with Crippen molar-refractivity contribution in [3.8, 4) is 16.3 Å². The van der Waals surface area contributed by atoms with Gasteiger partial charge in [0.15, 0.2) is 0 Å². The SMILES string of the molecule is CCOc1ccc(-c2nc(C(=O)N3CCC(C)CC3C(=O)O)cs2)cc1. The van der Waals surface area contributed by atoms with Crippen LogP contribution in [0.4, 0.5) is 0 Å². The van der Waals surface area contributed by atoms with Crippen LogP contribution in [0.2, 0.25) is 0 Å². The molecule has 2 aromatic rings. The number of aromatic nitrogens is 1. The van der Waals surface area contributed by atoms with Crippen LogP contribution in [0.3, 0.4) is 0 Å². The third-order valence-electron chi connectivity index (χ3n) is 4.55. The van der Waals surface area contributed by atoms with E-state index in [9.17, 15) is 14.7 Å². The first-order valence-electron chi connectivity index (χ1n) is 8.72. The smallest absolute Gasteiger partial charge is 0.326 e. The zero-order chi connectivity index (χ0) is 18.7. The number of hydrogen-bond acceptors (Lipinski definition) is 5. The zero-order valence-electron chi connectivity index (χ0n) is 14.8. The number of amides is 1. The third-order valence-corrected chi connectivity index (χ3v) is 5.44. The van der Waals surface area contributed by atoms with Gasteiger partial charge >= 0.3 is 5.97 Å². The number of carboxylic acids is 1. The van der Waals surface area contributed by atoms with Gasteiger partial charge in [-0.1, -0.05) is 6.92 Å². The number of benzene rings is 1. The largest absolute Gasteiger partial charge is 0.494 e. The Balaban J connectivity index is 1.78. The molecule has 0 bridgehead atoms. The van der Waals surface area contributed by atoms with Crippen molar-refractivity contribution in [2.45, 2.75) is 32.7 Å². The highest BCUT2D eigenvalue weighted by Crippen LogP contribution is 2.28. The van der Waals surface area contributed by atoms with Gasteiger partial charge in [-0.3, -0.25) is 4.79 Å². The van der Waals surface area contributed by atoms with Crippen LogP contribution in [0.15, 0.2) is 29.6 Å². The van der Waals surface area contributed by atoms with Gasteiger partial charge in [0.1, 0.15) is 22.5 Å². The van der Waals surface area contributed by atoms with Crippen molar-refractivity contribution in [3.05, 3.63) is 35.3 Å². The summed E-state index contributed by atoms with van der Waals surface area (Å²) in [5.74, 6) is -0.171. The fourth-order valence-corrected chi connectivity index (χ4v) is 3.93. The highest BCUT2D eigenvalue weighted by atomic mass is 32.1. The molecule has 138 valence electrons.